The number of para-hydroxylation sites is 2. The van der Waals surface area contributed by atoms with Gasteiger partial charge in [-0.25, -0.2) is 9.97 Å². The van der Waals surface area contributed by atoms with Gasteiger partial charge in [-0.3, -0.25) is 4.79 Å². The van der Waals surface area contributed by atoms with Gasteiger partial charge in [-0.05, 0) is 37.3 Å². The molecule has 0 bridgehead atoms. The predicted molar refractivity (Wildman–Crippen MR) is 115 cm³/mol. The molecule has 1 aliphatic heterocycles. The third kappa shape index (κ3) is 4.38. The molecule has 0 unspecified atom stereocenters. The number of hydrogen-bond acceptors (Lipinski definition) is 5. The first kappa shape index (κ1) is 19.7. The molecule has 1 aliphatic rings. The van der Waals surface area contributed by atoms with Gasteiger partial charge in [-0.2, -0.15) is 0 Å². The molecule has 150 valence electrons. The number of hydrogen-bond donors (Lipinski definition) is 0. The number of anilines is 1. The van der Waals surface area contributed by atoms with Gasteiger partial charge in [-0.15, -0.1) is 0 Å². The molecule has 4 rings (SSSR count). The van der Waals surface area contributed by atoms with Crippen LogP contribution in [0, 0.1) is 6.92 Å². The van der Waals surface area contributed by atoms with Gasteiger partial charge in [0.05, 0.1) is 21.7 Å². The Hall–Kier alpha value is -2.57. The van der Waals surface area contributed by atoms with E-state index in [1.54, 1.807) is 23.1 Å². The summed E-state index contributed by atoms with van der Waals surface area (Å²) < 4.78 is 5.57. The lowest BCUT2D eigenvalue weighted by atomic mass is 10.2. The molecule has 3 aromatic rings. The first-order chi connectivity index (χ1) is 14.0. The molecule has 0 atom stereocenters. The summed E-state index contributed by atoms with van der Waals surface area (Å²) in [6.45, 7) is 4.50. The number of nitrogens with zero attached hydrogens (tertiary/aromatic N) is 4. The van der Waals surface area contributed by atoms with Crippen molar-refractivity contribution in [1.82, 2.24) is 14.9 Å². The molecule has 0 saturated carbocycles. The summed E-state index contributed by atoms with van der Waals surface area (Å²) >= 11 is 12.0. The first-order valence-corrected chi connectivity index (χ1v) is 10.1. The second kappa shape index (κ2) is 8.43. The van der Waals surface area contributed by atoms with Crippen LogP contribution in [0.5, 0.6) is 5.75 Å². The van der Waals surface area contributed by atoms with Gasteiger partial charge in [0, 0.05) is 31.2 Å². The van der Waals surface area contributed by atoms with Crippen molar-refractivity contribution < 1.29 is 9.53 Å². The smallest absolute Gasteiger partial charge is 0.260 e. The van der Waals surface area contributed by atoms with Crippen LogP contribution in [0.25, 0.3) is 11.0 Å². The summed E-state index contributed by atoms with van der Waals surface area (Å²) in [6, 6.07) is 12.8. The summed E-state index contributed by atoms with van der Waals surface area (Å²) in [6.07, 6.45) is 0. The van der Waals surface area contributed by atoms with Crippen molar-refractivity contribution in [2.75, 3.05) is 37.7 Å². The SMILES string of the molecule is Cc1nc2ccccc2nc1N1CCN(C(=O)COc2ccc(Cl)cc2Cl)CC1. The topological polar surface area (TPSA) is 58.6 Å². The monoisotopic (exact) mass is 430 g/mol. The highest BCUT2D eigenvalue weighted by molar-refractivity contribution is 6.35. The van der Waals surface area contributed by atoms with Crippen LogP contribution < -0.4 is 9.64 Å². The standard InChI is InChI=1S/C21H20Cl2N4O2/c1-14-21(25-18-5-3-2-4-17(18)24-14)27-10-8-26(9-11-27)20(28)13-29-19-7-6-15(22)12-16(19)23/h2-7,12H,8-11,13H2,1H3. The minimum absolute atomic E-state index is 0.0594. The van der Waals surface area contributed by atoms with Crippen LogP contribution in [-0.4, -0.2) is 53.6 Å². The number of halogens is 2. The maximum Gasteiger partial charge on any atom is 0.260 e. The van der Waals surface area contributed by atoms with Crippen molar-refractivity contribution in [2.24, 2.45) is 0 Å². The van der Waals surface area contributed by atoms with Gasteiger partial charge >= 0.3 is 0 Å². The molecule has 2 heterocycles. The van der Waals surface area contributed by atoms with E-state index in [0.29, 0.717) is 42.0 Å². The summed E-state index contributed by atoms with van der Waals surface area (Å²) in [5.74, 6) is 1.25. The van der Waals surface area contributed by atoms with Gasteiger partial charge in [0.15, 0.2) is 12.4 Å². The Bertz CT molecular complexity index is 1050. The number of piperazine rings is 1. The van der Waals surface area contributed by atoms with E-state index in [1.165, 1.54) is 0 Å². The molecule has 1 saturated heterocycles. The van der Waals surface area contributed by atoms with E-state index >= 15 is 0 Å². The number of amides is 1. The molecular formula is C21H20Cl2N4O2. The molecule has 0 spiro atoms. The Morgan fingerprint density at radius 1 is 1.03 bits per heavy atom. The number of carbonyl (C=O) groups is 1. The summed E-state index contributed by atoms with van der Waals surface area (Å²) in [5, 5.41) is 0.914. The highest BCUT2D eigenvalue weighted by Crippen LogP contribution is 2.27. The van der Waals surface area contributed by atoms with Crippen molar-refractivity contribution in [3.05, 3.63) is 58.2 Å². The highest BCUT2D eigenvalue weighted by atomic mass is 35.5. The van der Waals surface area contributed by atoms with Crippen molar-refractivity contribution in [3.8, 4) is 5.75 Å². The molecule has 1 amide bonds. The minimum Gasteiger partial charge on any atom is -0.482 e. The van der Waals surface area contributed by atoms with Crippen LogP contribution in [-0.2, 0) is 4.79 Å². The number of carbonyl (C=O) groups excluding carboxylic acids is 1. The Morgan fingerprint density at radius 2 is 1.72 bits per heavy atom. The van der Waals surface area contributed by atoms with E-state index < -0.39 is 0 Å². The Kier molecular flexibility index (Phi) is 5.74. The lowest BCUT2D eigenvalue weighted by Gasteiger charge is -2.35. The summed E-state index contributed by atoms with van der Waals surface area (Å²) in [4.78, 5) is 25.9. The first-order valence-electron chi connectivity index (χ1n) is 9.35. The number of ether oxygens (including phenoxy) is 1. The van der Waals surface area contributed by atoms with Crippen molar-refractivity contribution >= 4 is 46.0 Å². The zero-order valence-electron chi connectivity index (χ0n) is 15.9. The van der Waals surface area contributed by atoms with Crippen LogP contribution >= 0.6 is 23.2 Å². The van der Waals surface area contributed by atoms with Crippen LogP contribution in [0.3, 0.4) is 0 Å². The molecule has 0 radical (unpaired) electrons. The fourth-order valence-corrected chi connectivity index (χ4v) is 3.83. The molecular weight excluding hydrogens is 411 g/mol. The second-order valence-corrected chi connectivity index (χ2v) is 7.70. The fraction of sp³-hybridized carbons (Fsp3) is 0.286. The molecule has 0 N–H and O–H groups in total. The normalized spacial score (nSPS) is 14.3. The van der Waals surface area contributed by atoms with E-state index in [2.05, 4.69) is 9.88 Å². The van der Waals surface area contributed by atoms with E-state index in [-0.39, 0.29) is 12.5 Å². The van der Waals surface area contributed by atoms with Crippen LogP contribution in [0.2, 0.25) is 10.0 Å². The largest absolute Gasteiger partial charge is 0.482 e. The molecule has 8 heteroatoms. The summed E-state index contributed by atoms with van der Waals surface area (Å²) in [5.41, 5.74) is 2.66. The molecule has 0 aliphatic carbocycles. The molecule has 29 heavy (non-hydrogen) atoms. The number of aromatic nitrogens is 2. The third-order valence-electron chi connectivity index (χ3n) is 4.90. The quantitative estimate of drug-likeness (QED) is 0.626. The Labute approximate surface area is 179 Å². The number of rotatable bonds is 4. The van der Waals surface area contributed by atoms with E-state index in [0.717, 1.165) is 22.5 Å². The zero-order valence-corrected chi connectivity index (χ0v) is 17.5. The number of benzene rings is 2. The fourth-order valence-electron chi connectivity index (χ4n) is 3.37. The van der Waals surface area contributed by atoms with Gasteiger partial charge in [-0.1, -0.05) is 35.3 Å². The maximum atomic E-state index is 12.5. The minimum atomic E-state index is -0.0722. The highest BCUT2D eigenvalue weighted by Gasteiger charge is 2.24. The Balaban J connectivity index is 1.36. The van der Waals surface area contributed by atoms with E-state index in [1.807, 2.05) is 31.2 Å². The van der Waals surface area contributed by atoms with Gasteiger partial charge < -0.3 is 14.5 Å². The molecule has 1 aromatic heterocycles. The third-order valence-corrected chi connectivity index (χ3v) is 5.43. The maximum absolute atomic E-state index is 12.5. The van der Waals surface area contributed by atoms with Crippen LogP contribution in [0.1, 0.15) is 5.69 Å². The lowest BCUT2D eigenvalue weighted by molar-refractivity contribution is -0.133. The zero-order chi connectivity index (χ0) is 20.4. The van der Waals surface area contributed by atoms with Gasteiger partial charge in [0.25, 0.3) is 5.91 Å². The average Bonchev–Trinajstić information content (AvgIpc) is 2.72. The van der Waals surface area contributed by atoms with Crippen LogP contribution in [0.15, 0.2) is 42.5 Å². The average molecular weight is 431 g/mol. The van der Waals surface area contributed by atoms with Crippen molar-refractivity contribution in [2.45, 2.75) is 6.92 Å². The van der Waals surface area contributed by atoms with Gasteiger partial charge in [0.1, 0.15) is 5.75 Å². The predicted octanol–water partition coefficient (Wildman–Crippen LogP) is 3.97. The van der Waals surface area contributed by atoms with Crippen LogP contribution in [0.4, 0.5) is 5.82 Å². The molecule has 1 fully saturated rings. The molecule has 2 aromatic carbocycles. The number of aryl methyl sites for hydroxylation is 1. The van der Waals surface area contributed by atoms with Crippen molar-refractivity contribution in [3.63, 3.8) is 0 Å². The Morgan fingerprint density at radius 3 is 2.41 bits per heavy atom. The molecule has 6 nitrogen and oxygen atoms in total. The van der Waals surface area contributed by atoms with E-state index in [9.17, 15) is 4.79 Å². The number of fused-ring (bicyclic) bond motifs is 1. The van der Waals surface area contributed by atoms with Crippen molar-refractivity contribution in [1.29, 1.82) is 0 Å². The second-order valence-electron chi connectivity index (χ2n) is 6.85. The summed E-state index contributed by atoms with van der Waals surface area (Å²) in [7, 11) is 0. The lowest BCUT2D eigenvalue weighted by Crippen LogP contribution is -2.50. The van der Waals surface area contributed by atoms with Gasteiger partial charge in [0.2, 0.25) is 0 Å². The van der Waals surface area contributed by atoms with E-state index in [4.69, 9.17) is 32.9 Å².